The first kappa shape index (κ1) is 13.3. The van der Waals surface area contributed by atoms with Crippen molar-refractivity contribution in [3.05, 3.63) is 24.3 Å². The van der Waals surface area contributed by atoms with Crippen molar-refractivity contribution in [2.75, 3.05) is 18.6 Å². The van der Waals surface area contributed by atoms with Gasteiger partial charge in [0.05, 0.1) is 24.9 Å². The van der Waals surface area contributed by atoms with Gasteiger partial charge in [0.15, 0.2) is 5.96 Å². The lowest BCUT2D eigenvalue weighted by Crippen LogP contribution is -2.54. The van der Waals surface area contributed by atoms with Gasteiger partial charge in [-0.1, -0.05) is 31.9 Å². The van der Waals surface area contributed by atoms with Crippen molar-refractivity contribution in [1.29, 1.82) is 0 Å². The maximum atomic E-state index is 6.21. The average molecular weight is 273 g/mol. The first-order valence-corrected chi connectivity index (χ1v) is 7.39. The van der Waals surface area contributed by atoms with Crippen LogP contribution in [0.1, 0.15) is 32.6 Å². The van der Waals surface area contributed by atoms with Crippen molar-refractivity contribution in [3.63, 3.8) is 0 Å². The molecule has 4 heteroatoms. The van der Waals surface area contributed by atoms with Crippen LogP contribution in [-0.4, -0.2) is 25.2 Å². The van der Waals surface area contributed by atoms with Gasteiger partial charge in [0, 0.05) is 0 Å². The summed E-state index contributed by atoms with van der Waals surface area (Å²) in [5.74, 6) is 2.22. The third-order valence-corrected chi connectivity index (χ3v) is 4.63. The lowest BCUT2D eigenvalue weighted by Gasteiger charge is -2.44. The fourth-order valence-corrected chi connectivity index (χ4v) is 3.79. The number of nitrogens with two attached hydrogens (primary N) is 1. The Hall–Kier alpha value is -1.71. The molecule has 0 radical (unpaired) electrons. The van der Waals surface area contributed by atoms with Crippen LogP contribution in [0.25, 0.3) is 0 Å². The van der Waals surface area contributed by atoms with Crippen LogP contribution < -0.4 is 15.4 Å². The van der Waals surface area contributed by atoms with Crippen molar-refractivity contribution >= 4 is 11.6 Å². The second kappa shape index (κ2) is 5.00. The van der Waals surface area contributed by atoms with Crippen LogP contribution in [0.5, 0.6) is 5.75 Å². The second-order valence-corrected chi connectivity index (χ2v) is 6.11. The third kappa shape index (κ3) is 2.03. The van der Waals surface area contributed by atoms with Gasteiger partial charge in [0.25, 0.3) is 0 Å². The Bertz CT molecular complexity index is 528. The Morgan fingerprint density at radius 3 is 2.95 bits per heavy atom. The number of hydrogen-bond acceptors (Lipinski definition) is 4. The van der Waals surface area contributed by atoms with E-state index in [-0.39, 0.29) is 5.54 Å². The number of benzene rings is 1. The summed E-state index contributed by atoms with van der Waals surface area (Å²) in [6, 6.07) is 8.08. The molecule has 0 saturated heterocycles. The Morgan fingerprint density at radius 2 is 2.20 bits per heavy atom. The van der Waals surface area contributed by atoms with Gasteiger partial charge in [-0.3, -0.25) is 4.99 Å². The Balaban J connectivity index is 2.02. The van der Waals surface area contributed by atoms with E-state index in [1.54, 1.807) is 7.11 Å². The molecular weight excluding hydrogens is 250 g/mol. The summed E-state index contributed by atoms with van der Waals surface area (Å²) < 4.78 is 5.51. The molecule has 3 rings (SSSR count). The van der Waals surface area contributed by atoms with Crippen LogP contribution in [0.15, 0.2) is 29.3 Å². The highest BCUT2D eigenvalue weighted by molar-refractivity contribution is 5.99. The van der Waals surface area contributed by atoms with Crippen molar-refractivity contribution in [1.82, 2.24) is 0 Å². The van der Waals surface area contributed by atoms with Crippen LogP contribution in [0, 0.1) is 5.92 Å². The molecule has 1 aromatic rings. The minimum atomic E-state index is 0.0520. The van der Waals surface area contributed by atoms with Gasteiger partial charge >= 0.3 is 0 Å². The van der Waals surface area contributed by atoms with Crippen LogP contribution in [0.4, 0.5) is 5.69 Å². The van der Waals surface area contributed by atoms with E-state index in [0.29, 0.717) is 5.96 Å². The largest absolute Gasteiger partial charge is 0.495 e. The Morgan fingerprint density at radius 1 is 1.40 bits per heavy atom. The number of anilines is 1. The molecule has 1 aliphatic carbocycles. The molecule has 4 nitrogen and oxygen atoms in total. The summed E-state index contributed by atoms with van der Waals surface area (Å²) in [7, 11) is 1.71. The number of guanidine groups is 1. The average Bonchev–Trinajstić information content (AvgIpc) is 2.75. The SMILES string of the molecule is COc1ccccc1N1C(N)=NCC12CCCC(C)C2. The molecule has 1 spiro atoms. The minimum absolute atomic E-state index is 0.0520. The lowest BCUT2D eigenvalue weighted by atomic mass is 9.75. The highest BCUT2D eigenvalue weighted by Crippen LogP contribution is 2.44. The molecule has 1 saturated carbocycles. The quantitative estimate of drug-likeness (QED) is 0.901. The summed E-state index contributed by atoms with van der Waals surface area (Å²) in [6.45, 7) is 3.14. The molecular formula is C16H23N3O. The summed E-state index contributed by atoms with van der Waals surface area (Å²) in [4.78, 5) is 6.77. The zero-order valence-corrected chi connectivity index (χ0v) is 12.3. The summed E-state index contributed by atoms with van der Waals surface area (Å²) in [6.07, 6.45) is 4.85. The lowest BCUT2D eigenvalue weighted by molar-refractivity contribution is 0.252. The van der Waals surface area contributed by atoms with Gasteiger partial charge in [-0.05, 0) is 30.9 Å². The minimum Gasteiger partial charge on any atom is -0.495 e. The molecule has 2 aliphatic rings. The zero-order valence-electron chi connectivity index (χ0n) is 12.3. The number of para-hydroxylation sites is 2. The standard InChI is InChI=1S/C16H23N3O/c1-12-6-5-9-16(10-12)11-18-15(17)19(16)13-7-3-4-8-14(13)20-2/h3-4,7-8,12H,5-6,9-11H2,1-2H3,(H2,17,18). The number of nitrogens with zero attached hydrogens (tertiary/aromatic N) is 2. The Kier molecular flexibility index (Phi) is 3.32. The fraction of sp³-hybridized carbons (Fsp3) is 0.562. The van der Waals surface area contributed by atoms with Crippen LogP contribution in [0.3, 0.4) is 0 Å². The van der Waals surface area contributed by atoms with Gasteiger partial charge in [-0.25, -0.2) is 0 Å². The molecule has 108 valence electrons. The smallest absolute Gasteiger partial charge is 0.196 e. The maximum Gasteiger partial charge on any atom is 0.196 e. The van der Waals surface area contributed by atoms with Crippen LogP contribution in [0.2, 0.25) is 0 Å². The molecule has 2 atom stereocenters. The van der Waals surface area contributed by atoms with E-state index in [2.05, 4.69) is 22.9 Å². The van der Waals surface area contributed by atoms with Crippen molar-refractivity contribution in [3.8, 4) is 5.75 Å². The number of rotatable bonds is 2. The second-order valence-electron chi connectivity index (χ2n) is 6.11. The van der Waals surface area contributed by atoms with E-state index in [9.17, 15) is 0 Å². The van der Waals surface area contributed by atoms with Gasteiger partial charge in [0.1, 0.15) is 5.75 Å². The third-order valence-electron chi connectivity index (χ3n) is 4.63. The van der Waals surface area contributed by atoms with E-state index < -0.39 is 0 Å². The van der Waals surface area contributed by atoms with E-state index in [0.717, 1.165) is 36.7 Å². The maximum absolute atomic E-state index is 6.21. The normalized spacial score (nSPS) is 29.6. The number of ether oxygens (including phenoxy) is 1. The van der Waals surface area contributed by atoms with Crippen LogP contribution >= 0.6 is 0 Å². The van der Waals surface area contributed by atoms with E-state index >= 15 is 0 Å². The summed E-state index contributed by atoms with van der Waals surface area (Å²) in [5.41, 5.74) is 7.30. The molecule has 2 N–H and O–H groups in total. The summed E-state index contributed by atoms with van der Waals surface area (Å²) in [5, 5.41) is 0. The van der Waals surface area contributed by atoms with E-state index in [4.69, 9.17) is 10.5 Å². The molecule has 2 unspecified atom stereocenters. The van der Waals surface area contributed by atoms with Gasteiger partial charge in [-0.15, -0.1) is 0 Å². The Labute approximate surface area is 120 Å². The van der Waals surface area contributed by atoms with Crippen molar-refractivity contribution < 1.29 is 4.74 Å². The molecule has 0 amide bonds. The van der Waals surface area contributed by atoms with Crippen molar-refractivity contribution in [2.45, 2.75) is 38.1 Å². The van der Waals surface area contributed by atoms with Gasteiger partial charge < -0.3 is 15.4 Å². The number of methoxy groups -OCH3 is 1. The highest BCUT2D eigenvalue weighted by atomic mass is 16.5. The first-order chi connectivity index (χ1) is 9.66. The topological polar surface area (TPSA) is 50.9 Å². The zero-order chi connectivity index (χ0) is 14.2. The highest BCUT2D eigenvalue weighted by Gasteiger charge is 2.46. The molecule has 1 heterocycles. The monoisotopic (exact) mass is 273 g/mol. The number of hydrogen-bond donors (Lipinski definition) is 1. The predicted molar refractivity (Wildman–Crippen MR) is 82.3 cm³/mol. The summed E-state index contributed by atoms with van der Waals surface area (Å²) >= 11 is 0. The fourth-order valence-electron chi connectivity index (χ4n) is 3.79. The van der Waals surface area contributed by atoms with Gasteiger partial charge in [-0.2, -0.15) is 0 Å². The molecule has 0 bridgehead atoms. The van der Waals surface area contributed by atoms with Crippen molar-refractivity contribution in [2.24, 2.45) is 16.6 Å². The van der Waals surface area contributed by atoms with Crippen LogP contribution in [-0.2, 0) is 0 Å². The number of aliphatic imine (C=N–C) groups is 1. The molecule has 1 fully saturated rings. The first-order valence-electron chi connectivity index (χ1n) is 7.39. The van der Waals surface area contributed by atoms with Gasteiger partial charge in [0.2, 0.25) is 0 Å². The van der Waals surface area contributed by atoms with E-state index in [1.165, 1.54) is 12.8 Å². The molecule has 1 aromatic carbocycles. The molecule has 0 aromatic heterocycles. The predicted octanol–water partition coefficient (Wildman–Crippen LogP) is 2.78. The molecule has 20 heavy (non-hydrogen) atoms. The van der Waals surface area contributed by atoms with E-state index in [1.807, 2.05) is 18.2 Å². The molecule has 1 aliphatic heterocycles.